The van der Waals surface area contributed by atoms with Crippen molar-refractivity contribution in [3.05, 3.63) is 64.3 Å². The Morgan fingerprint density at radius 2 is 1.69 bits per heavy atom. The van der Waals surface area contributed by atoms with Gasteiger partial charge in [-0.25, -0.2) is 4.39 Å². The van der Waals surface area contributed by atoms with Gasteiger partial charge in [-0.3, -0.25) is 14.5 Å². The van der Waals surface area contributed by atoms with Crippen molar-refractivity contribution in [2.45, 2.75) is 6.54 Å². The quantitative estimate of drug-likeness (QED) is 0.666. The number of amides is 2. The van der Waals surface area contributed by atoms with Gasteiger partial charge in [0.05, 0.1) is 37.8 Å². The summed E-state index contributed by atoms with van der Waals surface area (Å²) in [5.74, 6) is -0.0801. The number of thioether (sulfide) groups is 1. The Morgan fingerprint density at radius 3 is 2.31 bits per heavy atom. The van der Waals surface area contributed by atoms with E-state index in [-0.39, 0.29) is 29.4 Å². The molecule has 0 aromatic heterocycles. The van der Waals surface area contributed by atoms with Crippen LogP contribution in [0.15, 0.2) is 47.4 Å². The number of halogens is 1. The van der Waals surface area contributed by atoms with Gasteiger partial charge in [0.1, 0.15) is 5.82 Å². The third-order valence-electron chi connectivity index (χ3n) is 4.39. The lowest BCUT2D eigenvalue weighted by Crippen LogP contribution is -2.31. The summed E-state index contributed by atoms with van der Waals surface area (Å²) < 4.78 is 23.7. The van der Waals surface area contributed by atoms with Gasteiger partial charge in [0.15, 0.2) is 11.5 Å². The number of methoxy groups -OCH3 is 2. The molecule has 0 radical (unpaired) electrons. The molecule has 152 valence electrons. The van der Waals surface area contributed by atoms with Crippen LogP contribution in [0.2, 0.25) is 0 Å². The molecule has 0 unspecified atom stereocenters. The van der Waals surface area contributed by atoms with Crippen LogP contribution in [0, 0.1) is 5.82 Å². The van der Waals surface area contributed by atoms with Gasteiger partial charge in [-0.05, 0) is 35.4 Å². The summed E-state index contributed by atoms with van der Waals surface area (Å²) in [5.41, 5.74) is 1.40. The van der Waals surface area contributed by atoms with Gasteiger partial charge in [0.25, 0.3) is 11.8 Å². The standard InChI is InChI=1S/C21H20FNO5S/c1-27-16-8-5-14(11-17(16)28-2)18-19(29-10-9-24)21(26)23(20(18)25)12-13-3-6-15(22)7-4-13/h3-8,11,24H,9-10,12H2,1-2H3. The summed E-state index contributed by atoms with van der Waals surface area (Å²) >= 11 is 1.12. The van der Waals surface area contributed by atoms with Crippen molar-refractivity contribution in [3.8, 4) is 11.5 Å². The second-order valence-electron chi connectivity index (χ2n) is 6.17. The smallest absolute Gasteiger partial charge is 0.268 e. The molecule has 29 heavy (non-hydrogen) atoms. The predicted octanol–water partition coefficient (Wildman–Crippen LogP) is 2.85. The molecule has 2 aromatic rings. The molecule has 0 saturated heterocycles. The van der Waals surface area contributed by atoms with Crippen LogP contribution in [0.5, 0.6) is 11.5 Å². The van der Waals surface area contributed by atoms with Crippen molar-refractivity contribution < 1.29 is 28.6 Å². The Labute approximate surface area is 171 Å². The molecular formula is C21H20FNO5S. The van der Waals surface area contributed by atoms with E-state index >= 15 is 0 Å². The average Bonchev–Trinajstić information content (AvgIpc) is 2.97. The maximum Gasteiger partial charge on any atom is 0.268 e. The zero-order valence-electron chi connectivity index (χ0n) is 16.0. The third kappa shape index (κ3) is 4.28. The minimum absolute atomic E-state index is 0.0257. The molecule has 1 N–H and O–H groups in total. The first-order valence-corrected chi connectivity index (χ1v) is 9.79. The largest absolute Gasteiger partial charge is 0.493 e. The van der Waals surface area contributed by atoms with Crippen LogP contribution in [0.4, 0.5) is 4.39 Å². The van der Waals surface area contributed by atoms with Gasteiger partial charge < -0.3 is 14.6 Å². The van der Waals surface area contributed by atoms with Crippen molar-refractivity contribution >= 4 is 29.1 Å². The molecule has 6 nitrogen and oxygen atoms in total. The topological polar surface area (TPSA) is 76.1 Å². The molecule has 1 heterocycles. The Balaban J connectivity index is 1.99. The van der Waals surface area contributed by atoms with Crippen LogP contribution >= 0.6 is 11.8 Å². The normalized spacial score (nSPS) is 14.0. The second-order valence-corrected chi connectivity index (χ2v) is 7.27. The van der Waals surface area contributed by atoms with Crippen molar-refractivity contribution in [1.29, 1.82) is 0 Å². The van der Waals surface area contributed by atoms with Gasteiger partial charge in [0.2, 0.25) is 0 Å². The van der Waals surface area contributed by atoms with Crippen molar-refractivity contribution in [2.24, 2.45) is 0 Å². The number of aliphatic hydroxyl groups excluding tert-OH is 1. The van der Waals surface area contributed by atoms with E-state index in [0.717, 1.165) is 16.7 Å². The first-order chi connectivity index (χ1) is 14.0. The highest BCUT2D eigenvalue weighted by molar-refractivity contribution is 8.04. The summed E-state index contributed by atoms with van der Waals surface area (Å²) in [7, 11) is 2.99. The van der Waals surface area contributed by atoms with E-state index in [1.54, 1.807) is 18.2 Å². The van der Waals surface area contributed by atoms with Gasteiger partial charge in [-0.1, -0.05) is 18.2 Å². The molecular weight excluding hydrogens is 397 g/mol. The van der Waals surface area contributed by atoms with E-state index in [1.165, 1.54) is 38.5 Å². The SMILES string of the molecule is COc1ccc(C2=C(SCCO)C(=O)N(Cc3ccc(F)cc3)C2=O)cc1OC. The Kier molecular flexibility index (Phi) is 6.56. The number of hydrogen-bond acceptors (Lipinski definition) is 6. The molecule has 1 aliphatic heterocycles. The van der Waals surface area contributed by atoms with Crippen LogP contribution in [-0.2, 0) is 16.1 Å². The number of ether oxygens (including phenoxy) is 2. The Hall–Kier alpha value is -2.84. The lowest BCUT2D eigenvalue weighted by molar-refractivity contribution is -0.137. The summed E-state index contributed by atoms with van der Waals surface area (Å²) in [6.07, 6.45) is 0. The van der Waals surface area contributed by atoms with Crippen LogP contribution in [-0.4, -0.2) is 48.4 Å². The zero-order valence-corrected chi connectivity index (χ0v) is 16.8. The third-order valence-corrected chi connectivity index (χ3v) is 5.44. The molecule has 2 aromatic carbocycles. The van der Waals surface area contributed by atoms with E-state index < -0.39 is 17.6 Å². The fraction of sp³-hybridized carbons (Fsp3) is 0.238. The highest BCUT2D eigenvalue weighted by Crippen LogP contribution is 2.39. The van der Waals surface area contributed by atoms with Crippen molar-refractivity contribution in [3.63, 3.8) is 0 Å². The van der Waals surface area contributed by atoms with E-state index in [4.69, 9.17) is 9.47 Å². The summed E-state index contributed by atoms with van der Waals surface area (Å²) in [5, 5.41) is 9.19. The zero-order chi connectivity index (χ0) is 21.0. The summed E-state index contributed by atoms with van der Waals surface area (Å²) in [6.45, 7) is -0.106. The molecule has 0 bridgehead atoms. The molecule has 0 fully saturated rings. The molecule has 0 atom stereocenters. The number of carbonyl (C=O) groups excluding carboxylic acids is 2. The van der Waals surface area contributed by atoms with Crippen LogP contribution in [0.1, 0.15) is 11.1 Å². The van der Waals surface area contributed by atoms with Crippen molar-refractivity contribution in [2.75, 3.05) is 26.6 Å². The first kappa shape index (κ1) is 20.9. The predicted molar refractivity (Wildman–Crippen MR) is 108 cm³/mol. The maximum atomic E-state index is 13.2. The molecule has 0 spiro atoms. The molecule has 0 saturated carbocycles. The molecule has 8 heteroatoms. The lowest BCUT2D eigenvalue weighted by atomic mass is 10.1. The number of benzene rings is 2. The highest BCUT2D eigenvalue weighted by atomic mass is 32.2. The number of carbonyl (C=O) groups is 2. The second kappa shape index (κ2) is 9.11. The van der Waals surface area contributed by atoms with E-state index in [9.17, 15) is 19.1 Å². The number of nitrogens with zero attached hydrogens (tertiary/aromatic N) is 1. The van der Waals surface area contributed by atoms with Crippen LogP contribution < -0.4 is 9.47 Å². The van der Waals surface area contributed by atoms with Crippen molar-refractivity contribution in [1.82, 2.24) is 4.90 Å². The van der Waals surface area contributed by atoms with Crippen LogP contribution in [0.3, 0.4) is 0 Å². The number of imide groups is 1. The molecule has 3 rings (SSSR count). The number of rotatable bonds is 8. The first-order valence-electron chi connectivity index (χ1n) is 8.81. The average molecular weight is 417 g/mol. The number of aliphatic hydroxyl groups is 1. The highest BCUT2D eigenvalue weighted by Gasteiger charge is 2.39. The molecule has 1 aliphatic rings. The monoisotopic (exact) mass is 417 g/mol. The maximum absolute atomic E-state index is 13.2. The Bertz CT molecular complexity index is 958. The van der Waals surface area contributed by atoms with Gasteiger partial charge in [-0.15, -0.1) is 11.8 Å². The minimum Gasteiger partial charge on any atom is -0.493 e. The minimum atomic E-state index is -0.452. The van der Waals surface area contributed by atoms with Gasteiger partial charge in [-0.2, -0.15) is 0 Å². The van der Waals surface area contributed by atoms with E-state index in [1.807, 2.05) is 0 Å². The van der Waals surface area contributed by atoms with E-state index in [0.29, 0.717) is 22.6 Å². The lowest BCUT2D eigenvalue weighted by Gasteiger charge is -2.15. The van der Waals surface area contributed by atoms with E-state index in [2.05, 4.69) is 0 Å². The van der Waals surface area contributed by atoms with Gasteiger partial charge in [0, 0.05) is 5.75 Å². The summed E-state index contributed by atoms with van der Waals surface area (Å²) in [6, 6.07) is 10.6. The van der Waals surface area contributed by atoms with Gasteiger partial charge >= 0.3 is 0 Å². The number of hydrogen-bond donors (Lipinski definition) is 1. The summed E-state index contributed by atoms with van der Waals surface area (Å²) in [4.78, 5) is 27.5. The Morgan fingerprint density at radius 1 is 1.00 bits per heavy atom. The van der Waals surface area contributed by atoms with Crippen LogP contribution in [0.25, 0.3) is 5.57 Å². The molecule has 2 amide bonds. The fourth-order valence-corrected chi connectivity index (χ4v) is 3.88. The molecule has 0 aliphatic carbocycles. The fourth-order valence-electron chi connectivity index (χ4n) is 3.00.